The highest BCUT2D eigenvalue weighted by molar-refractivity contribution is 7.72. The number of carboxylic acids is 1. The molecule has 0 aliphatic carbocycles. The molecule has 1 atom stereocenters. The average molecular weight is 322 g/mol. The molecule has 1 N–H and O–H groups in total. The molecule has 0 saturated heterocycles. The van der Waals surface area contributed by atoms with Crippen LogP contribution in [0.1, 0.15) is 13.3 Å². The van der Waals surface area contributed by atoms with Gasteiger partial charge in [0.2, 0.25) is 0 Å². The molecule has 0 aliphatic heterocycles. The van der Waals surface area contributed by atoms with Crippen molar-refractivity contribution in [3.8, 4) is 11.3 Å². The first-order chi connectivity index (χ1) is 10.4. The Bertz CT molecular complexity index is 716. The van der Waals surface area contributed by atoms with Crippen molar-refractivity contribution in [1.82, 2.24) is 9.55 Å². The van der Waals surface area contributed by atoms with Gasteiger partial charge in [0.25, 0.3) is 0 Å². The van der Waals surface area contributed by atoms with Crippen LogP contribution in [0.3, 0.4) is 0 Å². The molecule has 2 aromatic rings. The van der Waals surface area contributed by atoms with Crippen molar-refractivity contribution in [3.63, 3.8) is 0 Å². The zero-order chi connectivity index (χ0) is 16.2. The summed E-state index contributed by atoms with van der Waals surface area (Å²) in [5.41, 5.74) is 0.490. The molecule has 1 unspecified atom stereocenters. The molecule has 1 aromatic carbocycles. The van der Waals surface area contributed by atoms with Gasteiger partial charge in [0.05, 0.1) is 23.2 Å². The number of carboxylic acid groups (broad SMARTS) is 1. The monoisotopic (exact) mass is 322 g/mol. The smallest absolute Gasteiger partial charge is 0.310 e. The number of aliphatic carboxylic acids is 1. The van der Waals surface area contributed by atoms with E-state index < -0.39 is 22.1 Å². The molecule has 6 nitrogen and oxygen atoms in total. The molecule has 22 heavy (non-hydrogen) atoms. The highest BCUT2D eigenvalue weighted by atomic mass is 32.2. The summed E-state index contributed by atoms with van der Waals surface area (Å²) in [7, 11) is -2.74. The standard InChI is InChI=1S/C15H18N2O4S/c1-15(14(18)19,10-22(20)21)7-8-17-9-13(16-11-17)12-5-3-2-4-6-12/h2-6,9,11,22H,7-8,10H2,1H3,(H,18,19). The van der Waals surface area contributed by atoms with Crippen LogP contribution in [0.5, 0.6) is 0 Å². The summed E-state index contributed by atoms with van der Waals surface area (Å²) < 4.78 is 23.5. The molecule has 0 amide bonds. The number of thiol groups is 1. The van der Waals surface area contributed by atoms with Crippen molar-refractivity contribution in [1.29, 1.82) is 0 Å². The van der Waals surface area contributed by atoms with Crippen LogP contribution in [-0.4, -0.2) is 34.8 Å². The zero-order valence-electron chi connectivity index (χ0n) is 12.2. The largest absolute Gasteiger partial charge is 0.481 e. The van der Waals surface area contributed by atoms with Crippen LogP contribution < -0.4 is 0 Å². The van der Waals surface area contributed by atoms with Crippen molar-refractivity contribution in [3.05, 3.63) is 42.9 Å². The van der Waals surface area contributed by atoms with Crippen LogP contribution in [-0.2, 0) is 22.0 Å². The van der Waals surface area contributed by atoms with Gasteiger partial charge in [-0.3, -0.25) is 4.79 Å². The van der Waals surface area contributed by atoms with E-state index in [2.05, 4.69) is 4.98 Å². The number of hydrogen-bond donors (Lipinski definition) is 2. The first-order valence-electron chi connectivity index (χ1n) is 6.83. The van der Waals surface area contributed by atoms with E-state index in [0.29, 0.717) is 6.54 Å². The number of aromatic nitrogens is 2. The van der Waals surface area contributed by atoms with E-state index in [9.17, 15) is 18.3 Å². The third kappa shape index (κ3) is 3.94. The fourth-order valence-electron chi connectivity index (χ4n) is 2.15. The van der Waals surface area contributed by atoms with E-state index in [-0.39, 0.29) is 12.2 Å². The number of imidazole rings is 1. The molecule has 0 aliphatic rings. The maximum atomic E-state index is 11.3. The third-order valence-corrected chi connectivity index (χ3v) is 4.58. The van der Waals surface area contributed by atoms with Crippen molar-refractivity contribution >= 4 is 16.7 Å². The maximum absolute atomic E-state index is 11.3. The average Bonchev–Trinajstić information content (AvgIpc) is 2.94. The number of hydrogen-bond acceptors (Lipinski definition) is 4. The van der Waals surface area contributed by atoms with Crippen molar-refractivity contribution in [2.24, 2.45) is 5.41 Å². The predicted molar refractivity (Wildman–Crippen MR) is 83.2 cm³/mol. The van der Waals surface area contributed by atoms with E-state index in [1.54, 1.807) is 10.9 Å². The van der Waals surface area contributed by atoms with Crippen LogP contribution in [0.4, 0.5) is 0 Å². The minimum atomic E-state index is -2.74. The Morgan fingerprint density at radius 2 is 2.00 bits per heavy atom. The van der Waals surface area contributed by atoms with Gasteiger partial charge in [-0.15, -0.1) is 0 Å². The minimum absolute atomic E-state index is 0.218. The Balaban J connectivity index is 2.08. The Hall–Kier alpha value is -2.15. The van der Waals surface area contributed by atoms with Crippen LogP contribution >= 0.6 is 0 Å². The molecule has 1 aromatic heterocycles. The molecule has 7 heteroatoms. The maximum Gasteiger partial charge on any atom is 0.310 e. The number of benzene rings is 1. The fraction of sp³-hybridized carbons (Fsp3) is 0.333. The summed E-state index contributed by atoms with van der Waals surface area (Å²) in [5, 5.41) is 9.25. The van der Waals surface area contributed by atoms with E-state index in [4.69, 9.17) is 0 Å². The number of aryl methyl sites for hydroxylation is 1. The molecule has 0 radical (unpaired) electrons. The second-order valence-electron chi connectivity index (χ2n) is 5.47. The molecule has 0 bridgehead atoms. The zero-order valence-corrected chi connectivity index (χ0v) is 13.1. The molecule has 0 saturated carbocycles. The molecule has 118 valence electrons. The normalized spacial score (nSPS) is 13.9. The summed E-state index contributed by atoms with van der Waals surface area (Å²) in [6.07, 6.45) is 3.67. The first kappa shape index (κ1) is 16.2. The van der Waals surface area contributed by atoms with Crippen molar-refractivity contribution in [2.45, 2.75) is 19.9 Å². The summed E-state index contributed by atoms with van der Waals surface area (Å²) >= 11 is 0. The Kier molecular flexibility index (Phi) is 4.97. The summed E-state index contributed by atoms with van der Waals surface area (Å²) in [6.45, 7) is 1.85. The van der Waals surface area contributed by atoms with Crippen molar-refractivity contribution < 1.29 is 18.3 Å². The van der Waals surface area contributed by atoms with E-state index >= 15 is 0 Å². The second-order valence-corrected chi connectivity index (χ2v) is 6.45. The Morgan fingerprint density at radius 3 is 2.59 bits per heavy atom. The van der Waals surface area contributed by atoms with Gasteiger partial charge >= 0.3 is 5.97 Å². The Morgan fingerprint density at radius 1 is 1.32 bits per heavy atom. The van der Waals surface area contributed by atoms with Gasteiger partial charge in [0.1, 0.15) is 10.7 Å². The van der Waals surface area contributed by atoms with Gasteiger partial charge in [-0.1, -0.05) is 30.3 Å². The first-order valence-corrected chi connectivity index (χ1v) is 8.19. The predicted octanol–water partition coefficient (Wildman–Crippen LogP) is 1.64. The molecule has 0 fully saturated rings. The van der Waals surface area contributed by atoms with Gasteiger partial charge < -0.3 is 9.67 Å². The lowest BCUT2D eigenvalue weighted by atomic mass is 9.89. The van der Waals surface area contributed by atoms with Gasteiger partial charge in [-0.2, -0.15) is 0 Å². The lowest BCUT2D eigenvalue weighted by molar-refractivity contribution is -0.147. The summed E-state index contributed by atoms with van der Waals surface area (Å²) in [5.74, 6) is -1.46. The van der Waals surface area contributed by atoms with Gasteiger partial charge in [-0.25, -0.2) is 13.4 Å². The molecule has 0 spiro atoms. The molecule has 1 heterocycles. The van der Waals surface area contributed by atoms with E-state index in [0.717, 1.165) is 11.3 Å². The highest BCUT2D eigenvalue weighted by Crippen LogP contribution is 2.24. The fourth-order valence-corrected chi connectivity index (χ4v) is 3.02. The lowest BCUT2D eigenvalue weighted by Crippen LogP contribution is -2.33. The van der Waals surface area contributed by atoms with E-state index in [1.807, 2.05) is 36.5 Å². The van der Waals surface area contributed by atoms with Crippen molar-refractivity contribution in [2.75, 3.05) is 5.75 Å². The van der Waals surface area contributed by atoms with Crippen LogP contribution in [0, 0.1) is 5.41 Å². The number of carbonyl (C=O) groups is 1. The molecule has 2 rings (SSSR count). The summed E-state index contributed by atoms with van der Waals surface area (Å²) in [6, 6.07) is 9.64. The van der Waals surface area contributed by atoms with Crippen LogP contribution in [0.2, 0.25) is 0 Å². The second kappa shape index (κ2) is 6.74. The van der Waals surface area contributed by atoms with Crippen LogP contribution in [0.25, 0.3) is 11.3 Å². The highest BCUT2D eigenvalue weighted by Gasteiger charge is 2.33. The topological polar surface area (TPSA) is 89.3 Å². The summed E-state index contributed by atoms with van der Waals surface area (Å²) in [4.78, 5) is 15.6. The van der Waals surface area contributed by atoms with Gasteiger partial charge in [-0.05, 0) is 13.3 Å². The van der Waals surface area contributed by atoms with Gasteiger partial charge in [0, 0.05) is 18.3 Å². The molecular weight excluding hydrogens is 304 g/mol. The minimum Gasteiger partial charge on any atom is -0.481 e. The number of rotatable bonds is 7. The number of nitrogens with zero attached hydrogens (tertiary/aromatic N) is 2. The quantitative estimate of drug-likeness (QED) is 0.757. The molecular formula is C15H18N2O4S. The SMILES string of the molecule is CC(CCn1cnc(-c2ccccc2)c1)(C[SH](=O)=O)C(=O)O. The van der Waals surface area contributed by atoms with Crippen LogP contribution in [0.15, 0.2) is 42.9 Å². The van der Waals surface area contributed by atoms with Gasteiger partial charge in [0.15, 0.2) is 0 Å². The lowest BCUT2D eigenvalue weighted by Gasteiger charge is -2.21. The van der Waals surface area contributed by atoms with E-state index in [1.165, 1.54) is 6.92 Å². The third-order valence-electron chi connectivity index (χ3n) is 3.62. The Labute approximate surface area is 130 Å².